The molecular weight excluding hydrogens is 399 g/mol. The molecule has 1 aromatic carbocycles. The van der Waals surface area contributed by atoms with Crippen molar-refractivity contribution < 1.29 is 27.5 Å². The fraction of sp³-hybridized carbons (Fsp3) is 0.619. The number of anilines is 1. The molecule has 3 fully saturated rings. The van der Waals surface area contributed by atoms with E-state index < -0.39 is 11.8 Å². The van der Waals surface area contributed by atoms with E-state index in [9.17, 15) is 22.8 Å². The lowest BCUT2D eigenvalue weighted by Crippen LogP contribution is -2.51. The number of urea groups is 1. The van der Waals surface area contributed by atoms with E-state index in [1.807, 2.05) is 9.80 Å². The summed E-state index contributed by atoms with van der Waals surface area (Å²) in [5, 5.41) is 0. The van der Waals surface area contributed by atoms with Crippen LogP contribution >= 0.6 is 0 Å². The molecule has 0 N–H and O–H groups in total. The molecule has 0 unspecified atom stereocenters. The van der Waals surface area contributed by atoms with Crippen LogP contribution in [0.15, 0.2) is 24.3 Å². The Kier molecular flexibility index (Phi) is 5.55. The van der Waals surface area contributed by atoms with Gasteiger partial charge in [0, 0.05) is 38.4 Å². The molecule has 4 rings (SSSR count). The average molecular weight is 425 g/mol. The summed E-state index contributed by atoms with van der Waals surface area (Å²) in [4.78, 5) is 31.3. The lowest BCUT2D eigenvalue weighted by Gasteiger charge is -2.40. The van der Waals surface area contributed by atoms with Gasteiger partial charge in [-0.25, -0.2) is 4.79 Å². The molecular formula is C21H26F3N3O3. The van der Waals surface area contributed by atoms with Crippen LogP contribution in [0.3, 0.4) is 0 Å². The fourth-order valence-corrected chi connectivity index (χ4v) is 4.77. The number of alkyl halides is 3. The van der Waals surface area contributed by atoms with Crippen molar-refractivity contribution in [1.29, 1.82) is 0 Å². The second-order valence-corrected chi connectivity index (χ2v) is 8.35. The maximum Gasteiger partial charge on any atom is 0.573 e. The SMILES string of the molecule is O=C(N1CCCCC1)N1CCC2(CC1)CCN(c1ccc(OC(F)(F)F)cc1)C2=O. The van der Waals surface area contributed by atoms with Crippen LogP contribution in [0.1, 0.15) is 38.5 Å². The third kappa shape index (κ3) is 4.20. The van der Waals surface area contributed by atoms with E-state index in [2.05, 4.69) is 4.74 Å². The highest BCUT2D eigenvalue weighted by molar-refractivity contribution is 6.00. The second kappa shape index (κ2) is 8.00. The van der Waals surface area contributed by atoms with Crippen LogP contribution in [-0.4, -0.2) is 60.8 Å². The van der Waals surface area contributed by atoms with Crippen LogP contribution in [0.4, 0.5) is 23.7 Å². The smallest absolute Gasteiger partial charge is 0.406 e. The molecule has 3 aliphatic heterocycles. The van der Waals surface area contributed by atoms with Crippen LogP contribution < -0.4 is 9.64 Å². The molecule has 1 spiro atoms. The highest BCUT2D eigenvalue weighted by atomic mass is 19.4. The molecule has 3 aliphatic rings. The zero-order chi connectivity index (χ0) is 21.4. The Labute approximate surface area is 173 Å². The normalized spacial score (nSPS) is 22.0. The van der Waals surface area contributed by atoms with E-state index in [0.717, 1.165) is 25.9 Å². The molecule has 0 saturated carbocycles. The Bertz CT molecular complexity index is 783. The molecule has 6 nitrogen and oxygen atoms in total. The number of nitrogens with zero attached hydrogens (tertiary/aromatic N) is 3. The Morgan fingerprint density at radius 2 is 1.43 bits per heavy atom. The Balaban J connectivity index is 1.37. The molecule has 164 valence electrons. The topological polar surface area (TPSA) is 53.1 Å². The molecule has 0 radical (unpaired) electrons. The molecule has 3 heterocycles. The molecule has 30 heavy (non-hydrogen) atoms. The van der Waals surface area contributed by atoms with Crippen molar-refractivity contribution in [2.75, 3.05) is 37.6 Å². The summed E-state index contributed by atoms with van der Waals surface area (Å²) in [7, 11) is 0. The number of rotatable bonds is 2. The monoisotopic (exact) mass is 425 g/mol. The maximum absolute atomic E-state index is 13.2. The summed E-state index contributed by atoms with van der Waals surface area (Å²) in [6, 6.07) is 5.48. The van der Waals surface area contributed by atoms with Crippen molar-refractivity contribution in [1.82, 2.24) is 9.80 Å². The highest BCUT2D eigenvalue weighted by Gasteiger charge is 2.49. The van der Waals surface area contributed by atoms with Crippen molar-refractivity contribution in [2.45, 2.75) is 44.9 Å². The zero-order valence-electron chi connectivity index (χ0n) is 16.8. The Morgan fingerprint density at radius 1 is 0.867 bits per heavy atom. The van der Waals surface area contributed by atoms with Crippen LogP contribution in [0.2, 0.25) is 0 Å². The second-order valence-electron chi connectivity index (χ2n) is 8.35. The Hall–Kier alpha value is -2.45. The molecule has 9 heteroatoms. The predicted molar refractivity (Wildman–Crippen MR) is 104 cm³/mol. The average Bonchev–Trinajstić information content (AvgIpc) is 3.04. The van der Waals surface area contributed by atoms with Gasteiger partial charge >= 0.3 is 12.4 Å². The number of carbonyl (C=O) groups is 2. The Morgan fingerprint density at radius 3 is 2.03 bits per heavy atom. The van der Waals surface area contributed by atoms with Crippen molar-refractivity contribution in [3.8, 4) is 5.75 Å². The largest absolute Gasteiger partial charge is 0.573 e. The van der Waals surface area contributed by atoms with Gasteiger partial charge in [-0.05, 0) is 62.8 Å². The van der Waals surface area contributed by atoms with E-state index in [1.165, 1.54) is 30.7 Å². The highest BCUT2D eigenvalue weighted by Crippen LogP contribution is 2.43. The van der Waals surface area contributed by atoms with Crippen molar-refractivity contribution in [3.63, 3.8) is 0 Å². The van der Waals surface area contributed by atoms with Gasteiger partial charge in [-0.1, -0.05) is 0 Å². The molecule has 0 aromatic heterocycles. The first kappa shape index (κ1) is 20.8. The molecule has 3 saturated heterocycles. The molecule has 0 bridgehead atoms. The van der Waals surface area contributed by atoms with Crippen molar-refractivity contribution >= 4 is 17.6 Å². The number of piperidine rings is 2. The number of likely N-dealkylation sites (tertiary alicyclic amines) is 2. The fourth-order valence-electron chi connectivity index (χ4n) is 4.77. The van der Waals surface area contributed by atoms with Crippen LogP contribution in [0.25, 0.3) is 0 Å². The van der Waals surface area contributed by atoms with Crippen LogP contribution in [0, 0.1) is 5.41 Å². The molecule has 0 atom stereocenters. The van der Waals surface area contributed by atoms with E-state index in [1.54, 1.807) is 4.90 Å². The summed E-state index contributed by atoms with van der Waals surface area (Å²) in [6.45, 7) is 3.27. The third-order valence-electron chi connectivity index (χ3n) is 6.51. The summed E-state index contributed by atoms with van der Waals surface area (Å²) < 4.78 is 40.9. The number of benzene rings is 1. The first-order valence-electron chi connectivity index (χ1n) is 10.5. The zero-order valence-corrected chi connectivity index (χ0v) is 16.8. The van der Waals surface area contributed by atoms with Gasteiger partial charge in [0.05, 0.1) is 5.41 Å². The van der Waals surface area contributed by atoms with Gasteiger partial charge in [-0.2, -0.15) is 0 Å². The van der Waals surface area contributed by atoms with Crippen LogP contribution in [-0.2, 0) is 4.79 Å². The predicted octanol–water partition coefficient (Wildman–Crippen LogP) is 4.01. The first-order chi connectivity index (χ1) is 14.3. The van der Waals surface area contributed by atoms with Crippen molar-refractivity contribution in [2.24, 2.45) is 5.41 Å². The molecule has 3 amide bonds. The summed E-state index contributed by atoms with van der Waals surface area (Å²) >= 11 is 0. The van der Waals surface area contributed by atoms with Gasteiger partial charge in [0.15, 0.2) is 0 Å². The summed E-state index contributed by atoms with van der Waals surface area (Å²) in [5.74, 6) is -0.311. The lowest BCUT2D eigenvalue weighted by molar-refractivity contribution is -0.274. The number of halogens is 3. The number of hydrogen-bond acceptors (Lipinski definition) is 3. The summed E-state index contributed by atoms with van der Waals surface area (Å²) in [5.41, 5.74) is 0.0815. The molecule has 1 aromatic rings. The number of amides is 3. The van der Waals surface area contributed by atoms with Crippen LogP contribution in [0.5, 0.6) is 5.75 Å². The molecule has 0 aliphatic carbocycles. The summed E-state index contributed by atoms with van der Waals surface area (Å²) in [6.07, 6.45) is 0.454. The number of hydrogen-bond donors (Lipinski definition) is 0. The quantitative estimate of drug-likeness (QED) is 0.720. The van der Waals surface area contributed by atoms with Gasteiger partial charge in [-0.15, -0.1) is 13.2 Å². The van der Waals surface area contributed by atoms with E-state index in [4.69, 9.17) is 0 Å². The third-order valence-corrected chi connectivity index (χ3v) is 6.51. The maximum atomic E-state index is 13.2. The number of carbonyl (C=O) groups excluding carboxylic acids is 2. The van der Waals surface area contributed by atoms with Gasteiger partial charge < -0.3 is 19.4 Å². The van der Waals surface area contributed by atoms with E-state index >= 15 is 0 Å². The first-order valence-corrected chi connectivity index (χ1v) is 10.5. The van der Waals surface area contributed by atoms with Gasteiger partial charge in [0.2, 0.25) is 5.91 Å². The van der Waals surface area contributed by atoms with Gasteiger partial charge in [-0.3, -0.25) is 4.79 Å². The minimum atomic E-state index is -4.74. The standard InChI is InChI=1S/C21H26F3N3O3/c22-21(23,24)30-17-6-4-16(5-7-17)27-15-10-20(18(27)28)8-13-26(14-9-20)19(29)25-11-2-1-3-12-25/h4-7H,1-3,8-15H2. The lowest BCUT2D eigenvalue weighted by atomic mass is 9.77. The van der Waals surface area contributed by atoms with Gasteiger partial charge in [0.25, 0.3) is 0 Å². The van der Waals surface area contributed by atoms with E-state index in [-0.39, 0.29) is 17.7 Å². The van der Waals surface area contributed by atoms with Crippen molar-refractivity contribution in [3.05, 3.63) is 24.3 Å². The van der Waals surface area contributed by atoms with Gasteiger partial charge in [0.1, 0.15) is 5.75 Å². The van der Waals surface area contributed by atoms with E-state index in [0.29, 0.717) is 44.6 Å². The minimum Gasteiger partial charge on any atom is -0.406 e. The number of ether oxygens (including phenoxy) is 1. The minimum absolute atomic E-state index is 0.00272.